The predicted molar refractivity (Wildman–Crippen MR) is 86.1 cm³/mol. The molecule has 1 rings (SSSR count). The van der Waals surface area contributed by atoms with Gasteiger partial charge in [0.1, 0.15) is 6.61 Å². The first kappa shape index (κ1) is 19.6. The molecule has 0 saturated carbocycles. The molecule has 1 aromatic rings. The average Bonchev–Trinajstić information content (AvgIpc) is 2.53. The number of alkyl carbamates (subject to hydrolysis) is 1. The second-order valence-corrected chi connectivity index (χ2v) is 6.91. The largest absolute Gasteiger partial charge is 0.445 e. The molecule has 0 heterocycles. The zero-order valence-corrected chi connectivity index (χ0v) is 14.5. The van der Waals surface area contributed by atoms with E-state index in [1.807, 2.05) is 30.3 Å². The molecular weight excluding hydrogens is 321 g/mol. The van der Waals surface area contributed by atoms with Gasteiger partial charge in [-0.3, -0.25) is 4.57 Å². The van der Waals surface area contributed by atoms with Gasteiger partial charge in [0.2, 0.25) is 0 Å². The summed E-state index contributed by atoms with van der Waals surface area (Å²) in [5, 5.41) is 12.6. The molecule has 0 fully saturated rings. The molecule has 1 aromatic carbocycles. The fraction of sp³-hybridized carbons (Fsp3) is 0.533. The van der Waals surface area contributed by atoms with E-state index in [-0.39, 0.29) is 19.8 Å². The van der Waals surface area contributed by atoms with Crippen molar-refractivity contribution in [1.82, 2.24) is 5.32 Å². The normalized spacial score (nSPS) is 14.1. The summed E-state index contributed by atoms with van der Waals surface area (Å²) in [7, 11) is -3.71. The Bertz CT molecular complexity index is 514. The molecule has 23 heavy (non-hydrogen) atoms. The smallest absolute Gasteiger partial charge is 0.407 e. The van der Waals surface area contributed by atoms with Crippen molar-refractivity contribution in [3.8, 4) is 0 Å². The molecular formula is C15H24NO6P. The summed E-state index contributed by atoms with van der Waals surface area (Å²) >= 11 is 0. The van der Waals surface area contributed by atoms with Crippen molar-refractivity contribution in [2.75, 3.05) is 13.2 Å². The highest BCUT2D eigenvalue weighted by atomic mass is 31.2. The number of hydrogen-bond donors (Lipinski definition) is 2. The maximum atomic E-state index is 12.4. The molecule has 2 N–H and O–H groups in total. The number of ether oxygens (including phenoxy) is 1. The number of nitrogens with one attached hydrogen (secondary N) is 1. The first-order chi connectivity index (χ1) is 10.9. The lowest BCUT2D eigenvalue weighted by atomic mass is 10.2. The number of carbonyl (C=O) groups excluding carboxylic acids is 1. The van der Waals surface area contributed by atoms with Gasteiger partial charge in [-0.1, -0.05) is 30.3 Å². The van der Waals surface area contributed by atoms with E-state index in [2.05, 4.69) is 5.32 Å². The van der Waals surface area contributed by atoms with Gasteiger partial charge in [-0.2, -0.15) is 0 Å². The first-order valence-corrected chi connectivity index (χ1v) is 9.08. The molecule has 0 aromatic heterocycles. The van der Waals surface area contributed by atoms with Gasteiger partial charge in [-0.15, -0.1) is 0 Å². The minimum absolute atomic E-state index is 0.101. The van der Waals surface area contributed by atoms with Gasteiger partial charge in [0.15, 0.2) is 5.85 Å². The molecule has 0 unspecified atom stereocenters. The summed E-state index contributed by atoms with van der Waals surface area (Å²) in [6, 6.07) is 8.32. The molecule has 0 saturated heterocycles. The third kappa shape index (κ3) is 6.31. The number of aliphatic hydroxyl groups excluding tert-OH is 1. The lowest BCUT2D eigenvalue weighted by Gasteiger charge is -2.26. The maximum Gasteiger partial charge on any atom is 0.407 e. The van der Waals surface area contributed by atoms with E-state index < -0.39 is 25.6 Å². The highest BCUT2D eigenvalue weighted by Gasteiger charge is 2.38. The molecule has 0 aliphatic heterocycles. The summed E-state index contributed by atoms with van der Waals surface area (Å²) in [6.07, 6.45) is -0.722. The molecule has 2 atom stereocenters. The van der Waals surface area contributed by atoms with Gasteiger partial charge in [0.05, 0.1) is 19.3 Å². The van der Waals surface area contributed by atoms with E-state index in [4.69, 9.17) is 13.8 Å². The molecule has 1 amide bonds. The van der Waals surface area contributed by atoms with Crippen molar-refractivity contribution in [3.63, 3.8) is 0 Å². The van der Waals surface area contributed by atoms with Crippen LogP contribution in [-0.2, 0) is 25.0 Å². The van der Waals surface area contributed by atoms with Crippen LogP contribution in [0.5, 0.6) is 0 Å². The van der Waals surface area contributed by atoms with Crippen LogP contribution in [0.3, 0.4) is 0 Å². The van der Waals surface area contributed by atoms with Crippen LogP contribution in [-0.4, -0.2) is 36.3 Å². The Morgan fingerprint density at radius 1 is 1.22 bits per heavy atom. The Labute approximate surface area is 136 Å². The molecule has 0 spiro atoms. The maximum absolute atomic E-state index is 12.4. The predicted octanol–water partition coefficient (Wildman–Crippen LogP) is 2.89. The number of carbonyl (C=O) groups is 1. The van der Waals surface area contributed by atoms with Crippen LogP contribution < -0.4 is 5.32 Å². The van der Waals surface area contributed by atoms with E-state index in [1.54, 1.807) is 13.8 Å². The second-order valence-electron chi connectivity index (χ2n) is 4.78. The standard InChI is InChI=1S/C15H24NO6P/c1-4-21-23(19,22-5-2)14(17)12(3)16-15(18)20-11-13-9-7-6-8-10-13/h6-10,12,14,17H,4-5,11H2,1-3H3,(H,16,18)/t12-,14+/m0/s1. The Balaban J connectivity index is 2.54. The SMILES string of the molecule is CCOP(=O)(OCC)[C@@H](O)[C@H](C)NC(=O)OCc1ccccc1. The summed E-state index contributed by atoms with van der Waals surface area (Å²) in [4.78, 5) is 11.8. The zero-order chi connectivity index (χ0) is 17.3. The summed E-state index contributed by atoms with van der Waals surface area (Å²) in [6.45, 7) is 5.14. The quantitative estimate of drug-likeness (QED) is 0.668. The van der Waals surface area contributed by atoms with Crippen LogP contribution >= 0.6 is 7.60 Å². The van der Waals surface area contributed by atoms with Gasteiger partial charge in [-0.05, 0) is 26.3 Å². The average molecular weight is 345 g/mol. The fourth-order valence-corrected chi connectivity index (χ4v) is 3.57. The van der Waals surface area contributed by atoms with Crippen LogP contribution in [0.15, 0.2) is 30.3 Å². The highest BCUT2D eigenvalue weighted by Crippen LogP contribution is 2.52. The van der Waals surface area contributed by atoms with Crippen molar-refractivity contribution >= 4 is 13.7 Å². The zero-order valence-electron chi connectivity index (χ0n) is 13.6. The summed E-state index contributed by atoms with van der Waals surface area (Å²) < 4.78 is 27.6. The van der Waals surface area contributed by atoms with Gasteiger partial charge in [0.25, 0.3) is 0 Å². The molecule has 0 radical (unpaired) electrons. The Morgan fingerprint density at radius 3 is 2.30 bits per heavy atom. The third-order valence-electron chi connectivity index (χ3n) is 2.95. The Kier molecular flexibility index (Phi) is 8.26. The lowest BCUT2D eigenvalue weighted by Crippen LogP contribution is -2.41. The molecule has 130 valence electrons. The van der Waals surface area contributed by atoms with Crippen LogP contribution in [0.2, 0.25) is 0 Å². The van der Waals surface area contributed by atoms with Crippen LogP contribution in [0.4, 0.5) is 4.79 Å². The molecule has 7 nitrogen and oxygen atoms in total. The minimum atomic E-state index is -3.71. The second kappa shape index (κ2) is 9.67. The highest BCUT2D eigenvalue weighted by molar-refractivity contribution is 7.54. The van der Waals surface area contributed by atoms with Crippen LogP contribution in [0, 0.1) is 0 Å². The summed E-state index contributed by atoms with van der Waals surface area (Å²) in [5.74, 6) is -1.48. The lowest BCUT2D eigenvalue weighted by molar-refractivity contribution is 0.110. The summed E-state index contributed by atoms with van der Waals surface area (Å²) in [5.41, 5.74) is 0.838. The van der Waals surface area contributed by atoms with E-state index >= 15 is 0 Å². The van der Waals surface area contributed by atoms with E-state index in [0.29, 0.717) is 0 Å². The van der Waals surface area contributed by atoms with Crippen molar-refractivity contribution in [2.45, 2.75) is 39.3 Å². The Hall–Kier alpha value is -1.40. The van der Waals surface area contributed by atoms with Crippen molar-refractivity contribution < 1.29 is 28.3 Å². The monoisotopic (exact) mass is 345 g/mol. The number of hydrogen-bond acceptors (Lipinski definition) is 6. The van der Waals surface area contributed by atoms with E-state index in [9.17, 15) is 14.5 Å². The molecule has 0 aliphatic carbocycles. The van der Waals surface area contributed by atoms with Gasteiger partial charge in [0, 0.05) is 0 Å². The molecule has 0 bridgehead atoms. The molecule has 0 aliphatic rings. The van der Waals surface area contributed by atoms with Gasteiger partial charge >= 0.3 is 13.7 Å². The molecule has 8 heteroatoms. The topological polar surface area (TPSA) is 94.1 Å². The first-order valence-electron chi connectivity index (χ1n) is 7.47. The number of benzene rings is 1. The minimum Gasteiger partial charge on any atom is -0.445 e. The van der Waals surface area contributed by atoms with Crippen LogP contribution in [0.25, 0.3) is 0 Å². The number of aliphatic hydroxyl groups is 1. The van der Waals surface area contributed by atoms with Gasteiger partial charge in [-0.25, -0.2) is 4.79 Å². The van der Waals surface area contributed by atoms with Crippen molar-refractivity contribution in [1.29, 1.82) is 0 Å². The third-order valence-corrected chi connectivity index (χ3v) is 5.28. The fourth-order valence-electron chi connectivity index (χ4n) is 1.85. The van der Waals surface area contributed by atoms with Crippen LogP contribution in [0.1, 0.15) is 26.3 Å². The number of rotatable bonds is 9. The van der Waals surface area contributed by atoms with Crippen molar-refractivity contribution in [2.24, 2.45) is 0 Å². The Morgan fingerprint density at radius 2 is 1.78 bits per heavy atom. The van der Waals surface area contributed by atoms with Crippen molar-refractivity contribution in [3.05, 3.63) is 35.9 Å². The van der Waals surface area contributed by atoms with Gasteiger partial charge < -0.3 is 24.2 Å². The van der Waals surface area contributed by atoms with E-state index in [1.165, 1.54) is 6.92 Å². The van der Waals surface area contributed by atoms with E-state index in [0.717, 1.165) is 5.56 Å². The number of amides is 1.